The number of aryl methyl sites for hydroxylation is 2. The summed E-state index contributed by atoms with van der Waals surface area (Å²) in [6, 6.07) is 21.3. The van der Waals surface area contributed by atoms with Crippen molar-refractivity contribution in [3.63, 3.8) is 0 Å². The molecule has 2 amide bonds. The maximum Gasteiger partial charge on any atom is 0.261 e. The second-order valence-corrected chi connectivity index (χ2v) is 6.75. The Kier molecular flexibility index (Phi) is 18.9. The molecule has 4 rings (SSSR count). The van der Waals surface area contributed by atoms with Crippen molar-refractivity contribution in [2.45, 2.75) is 55.4 Å². The fourth-order valence-electron chi connectivity index (χ4n) is 2.20. The Morgan fingerprint density at radius 1 is 0.613 bits per heavy atom. The topological polar surface area (TPSA) is 37.4 Å². The molecule has 2 aromatic carbocycles. The minimum absolute atomic E-state index is 0.212. The van der Waals surface area contributed by atoms with Gasteiger partial charge >= 0.3 is 0 Å². The van der Waals surface area contributed by atoms with Gasteiger partial charge in [0.05, 0.1) is 11.1 Å². The minimum Gasteiger partial charge on any atom is -0.277 e. The number of nitrogens with zero attached hydrogens (tertiary/aromatic N) is 1. The normalized spacial score (nSPS) is 10.2. The monoisotopic (exact) mass is 441 g/mol. The lowest BCUT2D eigenvalue weighted by Crippen LogP contribution is -2.24. The molecule has 0 N–H and O–H groups in total. The summed E-state index contributed by atoms with van der Waals surface area (Å²) < 4.78 is 0. The van der Waals surface area contributed by atoms with E-state index >= 15 is 0 Å². The second-order valence-electron chi connectivity index (χ2n) is 5.59. The van der Waals surface area contributed by atoms with Crippen LogP contribution < -0.4 is 0 Å². The lowest BCUT2D eigenvalue weighted by Gasteiger charge is -2.02. The van der Waals surface area contributed by atoms with Crippen molar-refractivity contribution in [1.29, 1.82) is 0 Å². The summed E-state index contributed by atoms with van der Waals surface area (Å²) in [5.41, 5.74) is 2.33. The van der Waals surface area contributed by atoms with Gasteiger partial charge in [-0.3, -0.25) is 14.5 Å². The van der Waals surface area contributed by atoms with Gasteiger partial charge in [-0.1, -0.05) is 95.6 Å². The lowest BCUT2D eigenvalue weighted by atomic mass is 10.1. The van der Waals surface area contributed by atoms with E-state index in [1.54, 1.807) is 35.6 Å². The third kappa shape index (κ3) is 11.3. The molecule has 4 heteroatoms. The average Bonchev–Trinajstić information content (AvgIpc) is 3.41. The van der Waals surface area contributed by atoms with Crippen LogP contribution in [0.25, 0.3) is 0 Å². The molecule has 170 valence electrons. The van der Waals surface area contributed by atoms with Crippen molar-refractivity contribution < 1.29 is 9.59 Å². The molecule has 1 aliphatic heterocycles. The van der Waals surface area contributed by atoms with E-state index in [4.69, 9.17) is 0 Å². The molecule has 0 spiro atoms. The van der Waals surface area contributed by atoms with E-state index in [1.165, 1.54) is 17.5 Å². The van der Waals surface area contributed by atoms with Crippen molar-refractivity contribution >= 4 is 23.2 Å². The Hall–Kier alpha value is -2.72. The number of thiophene rings is 1. The van der Waals surface area contributed by atoms with Gasteiger partial charge in [0.15, 0.2) is 0 Å². The number of hydrogen-bond acceptors (Lipinski definition) is 3. The fourth-order valence-corrected chi connectivity index (χ4v) is 2.73. The first kappa shape index (κ1) is 30.5. The largest absolute Gasteiger partial charge is 0.277 e. The van der Waals surface area contributed by atoms with Crippen LogP contribution in [0.3, 0.4) is 0 Å². The Balaban J connectivity index is 0. The van der Waals surface area contributed by atoms with Gasteiger partial charge in [0.2, 0.25) is 0 Å². The van der Waals surface area contributed by atoms with Crippen LogP contribution in [0.2, 0.25) is 0 Å². The molecule has 3 aromatic rings. The van der Waals surface area contributed by atoms with E-state index in [0.29, 0.717) is 11.1 Å². The van der Waals surface area contributed by atoms with E-state index in [2.05, 4.69) is 43.5 Å². The summed E-state index contributed by atoms with van der Waals surface area (Å²) in [6.45, 7) is 16.2. The van der Waals surface area contributed by atoms with Crippen LogP contribution in [-0.4, -0.2) is 23.8 Å². The Morgan fingerprint density at radius 2 is 1.03 bits per heavy atom. The molecule has 1 aromatic heterocycles. The molecule has 1 aliphatic rings. The molecular weight excluding hydrogens is 402 g/mol. The maximum atomic E-state index is 11.3. The van der Waals surface area contributed by atoms with Crippen molar-refractivity contribution in [2.24, 2.45) is 0 Å². The van der Waals surface area contributed by atoms with Crippen molar-refractivity contribution in [1.82, 2.24) is 4.90 Å². The van der Waals surface area contributed by atoms with Crippen LogP contribution in [-0.2, 0) is 0 Å². The second kappa shape index (κ2) is 19.3. The fraction of sp³-hybridized carbons (Fsp3) is 0.333. The first-order chi connectivity index (χ1) is 15.0. The Morgan fingerprint density at radius 3 is 1.29 bits per heavy atom. The van der Waals surface area contributed by atoms with Gasteiger partial charge in [0, 0.05) is 11.9 Å². The number of amides is 2. The van der Waals surface area contributed by atoms with Crippen LogP contribution in [0.5, 0.6) is 0 Å². The van der Waals surface area contributed by atoms with Crippen LogP contribution in [0.1, 0.15) is 72.7 Å². The highest BCUT2D eigenvalue weighted by molar-refractivity contribution is 7.09. The zero-order chi connectivity index (χ0) is 24.2. The molecule has 0 unspecified atom stereocenters. The lowest BCUT2D eigenvalue weighted by molar-refractivity contribution is 0.0693. The standard InChI is InChI=1S/C9H7NO2.C7H8.C5H6S.3C2H6/c1-10-8(11)6-4-2-3-5-7(6)9(10)12;1-7-5-3-2-4-6-7;1-5-3-2-4-6-5;3*1-2/h2-5H,1H3;2-6H,1H3;2-4H,1H3;3*1-2H3. The van der Waals surface area contributed by atoms with E-state index in [1.807, 2.05) is 59.7 Å². The number of carbonyl (C=O) groups is 2. The van der Waals surface area contributed by atoms with Gasteiger partial charge in [0.25, 0.3) is 11.8 Å². The van der Waals surface area contributed by atoms with Gasteiger partial charge in [-0.25, -0.2) is 0 Å². The average molecular weight is 442 g/mol. The number of hydrogen-bond donors (Lipinski definition) is 0. The van der Waals surface area contributed by atoms with Gasteiger partial charge in [0.1, 0.15) is 0 Å². The molecule has 0 atom stereocenters. The Bertz CT molecular complexity index is 792. The van der Waals surface area contributed by atoms with Gasteiger partial charge < -0.3 is 0 Å². The molecule has 0 bridgehead atoms. The maximum absolute atomic E-state index is 11.3. The minimum atomic E-state index is -0.212. The highest BCUT2D eigenvalue weighted by atomic mass is 32.1. The van der Waals surface area contributed by atoms with Crippen LogP contribution in [0.15, 0.2) is 72.1 Å². The van der Waals surface area contributed by atoms with Crippen molar-refractivity contribution in [3.05, 3.63) is 93.7 Å². The number of benzene rings is 2. The summed E-state index contributed by atoms with van der Waals surface area (Å²) >= 11 is 1.78. The van der Waals surface area contributed by atoms with E-state index in [0.717, 1.165) is 4.90 Å². The smallest absolute Gasteiger partial charge is 0.261 e. The van der Waals surface area contributed by atoms with Gasteiger partial charge in [-0.15, -0.1) is 11.3 Å². The van der Waals surface area contributed by atoms with E-state index < -0.39 is 0 Å². The molecule has 31 heavy (non-hydrogen) atoms. The molecule has 3 nitrogen and oxygen atoms in total. The van der Waals surface area contributed by atoms with Gasteiger partial charge in [-0.05, 0) is 37.4 Å². The molecule has 0 saturated carbocycles. The van der Waals surface area contributed by atoms with Gasteiger partial charge in [-0.2, -0.15) is 0 Å². The predicted octanol–water partition coefficient (Wildman–Crippen LogP) is 8.04. The Labute approximate surface area is 193 Å². The van der Waals surface area contributed by atoms with E-state index in [-0.39, 0.29) is 11.8 Å². The first-order valence-corrected chi connectivity index (χ1v) is 11.8. The number of carbonyl (C=O) groups excluding carboxylic acids is 2. The third-order valence-electron chi connectivity index (χ3n) is 3.60. The number of rotatable bonds is 0. The quantitative estimate of drug-likeness (QED) is 0.331. The molecule has 0 fully saturated rings. The summed E-state index contributed by atoms with van der Waals surface area (Å²) in [5, 5.41) is 2.08. The summed E-state index contributed by atoms with van der Waals surface area (Å²) in [4.78, 5) is 25.1. The molecule has 0 saturated heterocycles. The number of fused-ring (bicyclic) bond motifs is 1. The molecule has 0 aliphatic carbocycles. The van der Waals surface area contributed by atoms with Crippen LogP contribution >= 0.6 is 11.3 Å². The zero-order valence-electron chi connectivity index (χ0n) is 20.6. The third-order valence-corrected chi connectivity index (χ3v) is 4.40. The SMILES string of the molecule is CC.CC.CC.CN1C(=O)c2ccccc2C1=O.Cc1ccccc1.Cc1cccs1. The molecule has 2 heterocycles. The zero-order valence-corrected chi connectivity index (χ0v) is 21.4. The number of imide groups is 1. The summed E-state index contributed by atoms with van der Waals surface area (Å²) in [5.74, 6) is -0.425. The van der Waals surface area contributed by atoms with Crippen molar-refractivity contribution in [2.75, 3.05) is 7.05 Å². The highest BCUT2D eigenvalue weighted by Crippen LogP contribution is 2.20. The summed E-state index contributed by atoms with van der Waals surface area (Å²) in [7, 11) is 1.49. The van der Waals surface area contributed by atoms with E-state index in [9.17, 15) is 9.59 Å². The molecule has 0 radical (unpaired) electrons. The van der Waals surface area contributed by atoms with Crippen LogP contribution in [0.4, 0.5) is 0 Å². The predicted molar refractivity (Wildman–Crippen MR) is 137 cm³/mol. The molecular formula is C27H39NO2S. The first-order valence-electron chi connectivity index (χ1n) is 10.9. The van der Waals surface area contributed by atoms with Crippen LogP contribution in [0, 0.1) is 13.8 Å². The van der Waals surface area contributed by atoms with Crippen molar-refractivity contribution in [3.8, 4) is 0 Å². The summed E-state index contributed by atoms with van der Waals surface area (Å²) in [6.07, 6.45) is 0. The highest BCUT2D eigenvalue weighted by Gasteiger charge is 2.31.